The number of benzene rings is 1. The van der Waals surface area contributed by atoms with Gasteiger partial charge in [-0.2, -0.15) is 4.31 Å². The maximum Gasteiger partial charge on any atom is 0.339 e. The summed E-state index contributed by atoms with van der Waals surface area (Å²) in [4.78, 5) is 11.3. The van der Waals surface area contributed by atoms with Crippen LogP contribution in [0.4, 0.5) is 4.39 Å². The predicted octanol–water partition coefficient (Wildman–Crippen LogP) is 1.79. The van der Waals surface area contributed by atoms with Crippen molar-refractivity contribution in [2.24, 2.45) is 0 Å². The fourth-order valence-electron chi connectivity index (χ4n) is 2.38. The Kier molecular flexibility index (Phi) is 4.10. The molecule has 1 saturated heterocycles. The van der Waals surface area contributed by atoms with Gasteiger partial charge in [0.05, 0.1) is 17.6 Å². The normalized spacial score (nSPS) is 20.1. The molecule has 0 spiro atoms. The molecule has 1 heterocycles. The summed E-state index contributed by atoms with van der Waals surface area (Å²) in [5, 5.41) is 0. The van der Waals surface area contributed by atoms with Crippen LogP contribution < -0.4 is 0 Å². The summed E-state index contributed by atoms with van der Waals surface area (Å²) in [6.07, 6.45) is 1.51. The van der Waals surface area contributed by atoms with Crippen molar-refractivity contribution in [3.63, 3.8) is 0 Å². The lowest BCUT2D eigenvalue weighted by molar-refractivity contribution is 0.0596. The van der Waals surface area contributed by atoms with Crippen LogP contribution in [-0.4, -0.2) is 38.4 Å². The molecule has 1 aliphatic heterocycles. The van der Waals surface area contributed by atoms with Gasteiger partial charge in [0.1, 0.15) is 5.82 Å². The molecule has 7 heteroatoms. The lowest BCUT2D eigenvalue weighted by atomic mass is 10.2. The molecule has 110 valence electrons. The van der Waals surface area contributed by atoms with Crippen molar-refractivity contribution < 1.29 is 22.3 Å². The van der Waals surface area contributed by atoms with E-state index in [4.69, 9.17) is 0 Å². The number of nitrogens with zero attached hydrogens (tertiary/aromatic N) is 1. The van der Waals surface area contributed by atoms with Crippen LogP contribution >= 0.6 is 0 Å². The van der Waals surface area contributed by atoms with Crippen LogP contribution in [0, 0.1) is 5.82 Å². The van der Waals surface area contributed by atoms with Crippen LogP contribution in [0.15, 0.2) is 23.1 Å². The van der Waals surface area contributed by atoms with Crippen LogP contribution in [0.3, 0.4) is 0 Å². The van der Waals surface area contributed by atoms with E-state index in [0.717, 1.165) is 38.2 Å². The van der Waals surface area contributed by atoms with Gasteiger partial charge >= 0.3 is 5.97 Å². The van der Waals surface area contributed by atoms with Crippen molar-refractivity contribution in [3.05, 3.63) is 29.6 Å². The fraction of sp³-hybridized carbons (Fsp3) is 0.462. The molecular formula is C13H16FNO4S. The van der Waals surface area contributed by atoms with Gasteiger partial charge in [0.15, 0.2) is 0 Å². The molecule has 1 aromatic carbocycles. The second-order valence-electron chi connectivity index (χ2n) is 4.74. The van der Waals surface area contributed by atoms with E-state index in [1.807, 2.05) is 0 Å². The third-order valence-electron chi connectivity index (χ3n) is 3.43. The van der Waals surface area contributed by atoms with Crippen molar-refractivity contribution in [1.29, 1.82) is 0 Å². The van der Waals surface area contributed by atoms with Gasteiger partial charge in [-0.25, -0.2) is 17.6 Å². The van der Waals surface area contributed by atoms with Crippen molar-refractivity contribution in [2.45, 2.75) is 30.7 Å². The van der Waals surface area contributed by atoms with Gasteiger partial charge in [-0.15, -0.1) is 0 Å². The van der Waals surface area contributed by atoms with Crippen LogP contribution in [0.1, 0.15) is 30.1 Å². The number of esters is 1. The highest BCUT2D eigenvalue weighted by molar-refractivity contribution is 7.89. The van der Waals surface area contributed by atoms with E-state index in [1.165, 1.54) is 4.31 Å². The lowest BCUT2D eigenvalue weighted by Gasteiger charge is -2.22. The van der Waals surface area contributed by atoms with E-state index in [0.29, 0.717) is 6.54 Å². The minimum atomic E-state index is -3.90. The molecule has 0 radical (unpaired) electrons. The van der Waals surface area contributed by atoms with Gasteiger partial charge in [-0.3, -0.25) is 0 Å². The van der Waals surface area contributed by atoms with Crippen molar-refractivity contribution in [3.8, 4) is 0 Å². The quantitative estimate of drug-likeness (QED) is 0.798. The first-order valence-electron chi connectivity index (χ1n) is 6.27. The highest BCUT2D eigenvalue weighted by Gasteiger charge is 2.35. The number of rotatable bonds is 3. The van der Waals surface area contributed by atoms with Gasteiger partial charge in [0.2, 0.25) is 10.0 Å². The van der Waals surface area contributed by atoms with Crippen molar-refractivity contribution in [2.75, 3.05) is 13.7 Å². The van der Waals surface area contributed by atoms with Gasteiger partial charge < -0.3 is 4.74 Å². The average molecular weight is 301 g/mol. The topological polar surface area (TPSA) is 63.7 Å². The number of carbonyl (C=O) groups is 1. The minimum absolute atomic E-state index is 0.145. The van der Waals surface area contributed by atoms with E-state index in [1.54, 1.807) is 6.92 Å². The summed E-state index contributed by atoms with van der Waals surface area (Å²) in [6.45, 7) is 2.17. The Morgan fingerprint density at radius 3 is 2.70 bits per heavy atom. The Balaban J connectivity index is 2.55. The molecule has 1 fully saturated rings. The predicted molar refractivity (Wildman–Crippen MR) is 70.3 cm³/mol. The molecule has 0 aliphatic carbocycles. The van der Waals surface area contributed by atoms with E-state index in [-0.39, 0.29) is 16.5 Å². The molecule has 0 aromatic heterocycles. The lowest BCUT2D eigenvalue weighted by Crippen LogP contribution is -2.34. The standard InChI is InChI=1S/C13H16FNO4S/c1-9-4-3-7-15(9)20(17,18)12-8-10(14)5-6-11(12)13(16)19-2/h5-6,8-9H,3-4,7H2,1-2H3. The summed E-state index contributed by atoms with van der Waals surface area (Å²) in [5.41, 5.74) is -0.145. The van der Waals surface area contributed by atoms with E-state index in [9.17, 15) is 17.6 Å². The number of ether oxygens (including phenoxy) is 1. The number of methoxy groups -OCH3 is 1. The molecule has 0 bridgehead atoms. The van der Waals surface area contributed by atoms with E-state index < -0.39 is 21.8 Å². The van der Waals surface area contributed by atoms with E-state index in [2.05, 4.69) is 4.74 Å². The Hall–Kier alpha value is -1.47. The summed E-state index contributed by atoms with van der Waals surface area (Å²) < 4.78 is 44.4. The van der Waals surface area contributed by atoms with Crippen molar-refractivity contribution >= 4 is 16.0 Å². The van der Waals surface area contributed by atoms with Crippen LogP contribution in [0.5, 0.6) is 0 Å². The maximum atomic E-state index is 13.4. The number of carbonyl (C=O) groups excluding carboxylic acids is 1. The molecule has 1 aromatic rings. The number of halogens is 1. The van der Waals surface area contributed by atoms with Crippen LogP contribution in [0.25, 0.3) is 0 Å². The average Bonchev–Trinajstić information content (AvgIpc) is 2.84. The fourth-order valence-corrected chi connectivity index (χ4v) is 4.27. The molecule has 0 amide bonds. The molecule has 5 nitrogen and oxygen atoms in total. The van der Waals surface area contributed by atoms with Crippen LogP contribution in [-0.2, 0) is 14.8 Å². The van der Waals surface area contributed by atoms with Gasteiger partial charge in [0, 0.05) is 12.6 Å². The minimum Gasteiger partial charge on any atom is -0.465 e. The van der Waals surface area contributed by atoms with Crippen LogP contribution in [0.2, 0.25) is 0 Å². The van der Waals surface area contributed by atoms with Crippen molar-refractivity contribution in [1.82, 2.24) is 4.31 Å². The monoisotopic (exact) mass is 301 g/mol. The summed E-state index contributed by atoms with van der Waals surface area (Å²) in [5.74, 6) is -1.50. The molecule has 1 aliphatic rings. The maximum absolute atomic E-state index is 13.4. The largest absolute Gasteiger partial charge is 0.465 e. The molecule has 0 saturated carbocycles. The number of hydrogen-bond acceptors (Lipinski definition) is 4. The second-order valence-corrected chi connectivity index (χ2v) is 6.60. The zero-order valence-electron chi connectivity index (χ0n) is 11.3. The zero-order valence-corrected chi connectivity index (χ0v) is 12.1. The molecule has 0 N–H and O–H groups in total. The Labute approximate surface area is 117 Å². The van der Waals surface area contributed by atoms with Gasteiger partial charge in [-0.05, 0) is 38.0 Å². The molecule has 20 heavy (non-hydrogen) atoms. The first kappa shape index (κ1) is 14.9. The number of hydrogen-bond donors (Lipinski definition) is 0. The second kappa shape index (κ2) is 5.49. The number of sulfonamides is 1. The highest BCUT2D eigenvalue weighted by Crippen LogP contribution is 2.28. The Bertz CT molecular complexity index is 629. The third-order valence-corrected chi connectivity index (χ3v) is 5.48. The summed E-state index contributed by atoms with van der Waals surface area (Å²) in [7, 11) is -2.75. The van der Waals surface area contributed by atoms with E-state index >= 15 is 0 Å². The molecule has 1 atom stereocenters. The highest BCUT2D eigenvalue weighted by atomic mass is 32.2. The molecular weight excluding hydrogens is 285 g/mol. The molecule has 2 rings (SSSR count). The Morgan fingerprint density at radius 2 is 2.15 bits per heavy atom. The molecule has 1 unspecified atom stereocenters. The summed E-state index contributed by atoms with van der Waals surface area (Å²) >= 11 is 0. The van der Waals surface area contributed by atoms with Gasteiger partial charge in [-0.1, -0.05) is 0 Å². The van der Waals surface area contributed by atoms with Gasteiger partial charge in [0.25, 0.3) is 0 Å². The summed E-state index contributed by atoms with van der Waals surface area (Å²) in [6, 6.07) is 2.88. The smallest absolute Gasteiger partial charge is 0.339 e. The Morgan fingerprint density at radius 1 is 1.45 bits per heavy atom. The first-order valence-corrected chi connectivity index (χ1v) is 7.71. The third kappa shape index (κ3) is 2.55. The zero-order chi connectivity index (χ0) is 14.9. The first-order chi connectivity index (χ1) is 9.37. The SMILES string of the molecule is COC(=O)c1ccc(F)cc1S(=O)(=O)N1CCCC1C.